The Hall–Kier alpha value is -1.49. The summed E-state index contributed by atoms with van der Waals surface area (Å²) in [6.45, 7) is 1.23. The third-order valence-corrected chi connectivity index (χ3v) is 5.57. The van der Waals surface area contributed by atoms with E-state index in [-0.39, 0.29) is 16.0 Å². The number of hydrogen-bond acceptors (Lipinski definition) is 5. The Labute approximate surface area is 111 Å². The second kappa shape index (κ2) is 4.27. The van der Waals surface area contributed by atoms with Crippen LogP contribution in [0.15, 0.2) is 23.4 Å². The summed E-state index contributed by atoms with van der Waals surface area (Å²) in [6.07, 6.45) is 4.31. The summed E-state index contributed by atoms with van der Waals surface area (Å²) in [7, 11) is -3.60. The highest BCUT2D eigenvalue weighted by Crippen LogP contribution is 2.46. The topological polar surface area (TPSA) is 83.3 Å². The lowest BCUT2D eigenvalue weighted by molar-refractivity contribution is 0.0214. The van der Waals surface area contributed by atoms with E-state index in [0.717, 1.165) is 12.8 Å². The van der Waals surface area contributed by atoms with Gasteiger partial charge in [-0.05, 0) is 18.9 Å². The molecule has 1 spiro atoms. The van der Waals surface area contributed by atoms with Crippen molar-refractivity contribution in [1.82, 2.24) is 9.29 Å². The molecule has 2 aliphatic rings. The summed E-state index contributed by atoms with van der Waals surface area (Å²) in [4.78, 5) is 3.91. The lowest BCUT2D eigenvalue weighted by Crippen LogP contribution is -2.50. The molecular formula is C12H13N3O3S. The number of hydrogen-bond donors (Lipinski definition) is 0. The molecule has 100 valence electrons. The maximum atomic E-state index is 12.6. The molecule has 0 unspecified atom stereocenters. The van der Waals surface area contributed by atoms with Crippen LogP contribution < -0.4 is 0 Å². The number of aromatic nitrogens is 1. The minimum atomic E-state index is -3.60. The van der Waals surface area contributed by atoms with E-state index in [2.05, 4.69) is 4.98 Å². The number of ether oxygens (including phenoxy) is 1. The molecule has 2 heterocycles. The molecule has 1 aliphatic heterocycles. The minimum absolute atomic E-state index is 0.0831. The number of nitrogens with zero attached hydrogens (tertiary/aromatic N) is 3. The molecule has 1 aliphatic carbocycles. The zero-order chi connectivity index (χ0) is 13.5. The summed E-state index contributed by atoms with van der Waals surface area (Å²) in [5, 5.41) is 8.83. The molecule has 0 aromatic carbocycles. The van der Waals surface area contributed by atoms with Gasteiger partial charge in [0, 0.05) is 18.9 Å². The van der Waals surface area contributed by atoms with Crippen molar-refractivity contribution in [3.8, 4) is 6.07 Å². The lowest BCUT2D eigenvalue weighted by Gasteiger charge is -2.34. The van der Waals surface area contributed by atoms with E-state index in [9.17, 15) is 8.42 Å². The van der Waals surface area contributed by atoms with E-state index in [4.69, 9.17) is 10.00 Å². The zero-order valence-electron chi connectivity index (χ0n) is 10.2. The van der Waals surface area contributed by atoms with Crippen LogP contribution in [0.4, 0.5) is 0 Å². The van der Waals surface area contributed by atoms with Crippen molar-refractivity contribution in [2.24, 2.45) is 0 Å². The highest BCUT2D eigenvalue weighted by atomic mass is 32.2. The van der Waals surface area contributed by atoms with Gasteiger partial charge >= 0.3 is 0 Å². The van der Waals surface area contributed by atoms with Crippen molar-refractivity contribution < 1.29 is 13.2 Å². The van der Waals surface area contributed by atoms with Crippen molar-refractivity contribution in [1.29, 1.82) is 5.26 Å². The molecule has 1 saturated heterocycles. The first-order chi connectivity index (χ1) is 9.08. The van der Waals surface area contributed by atoms with Gasteiger partial charge in [-0.2, -0.15) is 9.57 Å². The standard InChI is InChI=1S/C12H13N3O3S/c13-6-10-5-11(8-14-7-10)19(16,17)15-3-4-18-9-12(15)1-2-12/h5,7-8H,1-4,9H2. The van der Waals surface area contributed by atoms with Crippen LogP contribution in [0.3, 0.4) is 0 Å². The number of rotatable bonds is 2. The van der Waals surface area contributed by atoms with Gasteiger partial charge in [-0.25, -0.2) is 8.42 Å². The second-order valence-electron chi connectivity index (χ2n) is 4.88. The Morgan fingerprint density at radius 2 is 2.21 bits per heavy atom. The fourth-order valence-electron chi connectivity index (χ4n) is 2.38. The van der Waals surface area contributed by atoms with Crippen molar-refractivity contribution in [2.45, 2.75) is 23.3 Å². The third kappa shape index (κ3) is 2.02. The van der Waals surface area contributed by atoms with Gasteiger partial charge in [-0.1, -0.05) is 0 Å². The predicted octanol–water partition coefficient (Wildman–Crippen LogP) is 0.507. The quantitative estimate of drug-likeness (QED) is 0.787. The molecule has 3 rings (SSSR count). The van der Waals surface area contributed by atoms with Crippen molar-refractivity contribution in [2.75, 3.05) is 19.8 Å². The maximum absolute atomic E-state index is 12.6. The largest absolute Gasteiger partial charge is 0.378 e. The summed E-state index contributed by atoms with van der Waals surface area (Å²) in [6, 6.07) is 3.28. The molecule has 1 aromatic rings. The highest BCUT2D eigenvalue weighted by Gasteiger charge is 2.54. The van der Waals surface area contributed by atoms with E-state index < -0.39 is 10.0 Å². The first-order valence-corrected chi connectivity index (χ1v) is 7.48. The smallest absolute Gasteiger partial charge is 0.245 e. The number of pyridine rings is 1. The van der Waals surface area contributed by atoms with E-state index in [1.165, 1.54) is 22.8 Å². The first kappa shape index (κ1) is 12.5. The average molecular weight is 279 g/mol. The number of morpholine rings is 1. The van der Waals surface area contributed by atoms with Crippen LogP contribution in [-0.4, -0.2) is 43.0 Å². The summed E-state index contributed by atoms with van der Waals surface area (Å²) >= 11 is 0. The zero-order valence-corrected chi connectivity index (χ0v) is 11.1. The van der Waals surface area contributed by atoms with Gasteiger partial charge in [0.15, 0.2) is 0 Å². The lowest BCUT2D eigenvalue weighted by atomic mass is 10.2. The van der Waals surface area contributed by atoms with Crippen LogP contribution in [0.25, 0.3) is 0 Å². The van der Waals surface area contributed by atoms with Gasteiger partial charge in [-0.15, -0.1) is 0 Å². The molecule has 1 aromatic heterocycles. The summed E-state index contributed by atoms with van der Waals surface area (Å²) < 4.78 is 32.2. The van der Waals surface area contributed by atoms with Crippen molar-refractivity contribution in [3.05, 3.63) is 24.0 Å². The van der Waals surface area contributed by atoms with Crippen LogP contribution in [-0.2, 0) is 14.8 Å². The normalized spacial score (nSPS) is 22.1. The molecule has 19 heavy (non-hydrogen) atoms. The van der Waals surface area contributed by atoms with Crippen LogP contribution >= 0.6 is 0 Å². The molecule has 6 nitrogen and oxygen atoms in total. The van der Waals surface area contributed by atoms with E-state index in [1.54, 1.807) is 0 Å². The van der Waals surface area contributed by atoms with Gasteiger partial charge < -0.3 is 4.74 Å². The summed E-state index contributed by atoms with van der Waals surface area (Å²) in [5.74, 6) is 0. The average Bonchev–Trinajstić information content (AvgIpc) is 3.19. The van der Waals surface area contributed by atoms with E-state index in [1.807, 2.05) is 6.07 Å². The molecule has 1 saturated carbocycles. The second-order valence-corrected chi connectivity index (χ2v) is 6.74. The van der Waals surface area contributed by atoms with Crippen LogP contribution in [0.2, 0.25) is 0 Å². The van der Waals surface area contributed by atoms with Gasteiger partial charge in [0.2, 0.25) is 10.0 Å². The Balaban J connectivity index is 2.00. The van der Waals surface area contributed by atoms with Gasteiger partial charge in [0.05, 0.1) is 24.3 Å². The summed E-state index contributed by atoms with van der Waals surface area (Å²) in [5.41, 5.74) is -0.112. The van der Waals surface area contributed by atoms with E-state index in [0.29, 0.717) is 19.8 Å². The Morgan fingerprint density at radius 1 is 1.42 bits per heavy atom. The minimum Gasteiger partial charge on any atom is -0.378 e. The third-order valence-electron chi connectivity index (χ3n) is 3.60. The Morgan fingerprint density at radius 3 is 2.89 bits per heavy atom. The van der Waals surface area contributed by atoms with Crippen LogP contribution in [0, 0.1) is 11.3 Å². The van der Waals surface area contributed by atoms with Gasteiger partial charge in [0.25, 0.3) is 0 Å². The van der Waals surface area contributed by atoms with Gasteiger partial charge in [0.1, 0.15) is 11.0 Å². The van der Waals surface area contributed by atoms with Gasteiger partial charge in [-0.3, -0.25) is 4.98 Å². The molecule has 0 bridgehead atoms. The number of sulfonamides is 1. The monoisotopic (exact) mass is 279 g/mol. The molecule has 0 radical (unpaired) electrons. The molecule has 0 N–H and O–H groups in total. The fourth-order valence-corrected chi connectivity index (χ4v) is 4.16. The van der Waals surface area contributed by atoms with Crippen LogP contribution in [0.5, 0.6) is 0 Å². The fraction of sp³-hybridized carbons (Fsp3) is 0.500. The molecule has 2 fully saturated rings. The Kier molecular flexibility index (Phi) is 2.82. The molecular weight excluding hydrogens is 266 g/mol. The molecule has 0 atom stereocenters. The first-order valence-electron chi connectivity index (χ1n) is 6.04. The molecule has 7 heteroatoms. The SMILES string of the molecule is N#Cc1cncc(S(=O)(=O)N2CCOCC23CC3)c1. The highest BCUT2D eigenvalue weighted by molar-refractivity contribution is 7.89. The van der Waals surface area contributed by atoms with Crippen molar-refractivity contribution in [3.63, 3.8) is 0 Å². The maximum Gasteiger partial charge on any atom is 0.245 e. The van der Waals surface area contributed by atoms with Crippen LogP contribution in [0.1, 0.15) is 18.4 Å². The number of nitriles is 1. The predicted molar refractivity (Wildman–Crippen MR) is 65.6 cm³/mol. The molecule has 0 amide bonds. The Bertz CT molecular complexity index is 646. The van der Waals surface area contributed by atoms with Crippen molar-refractivity contribution >= 4 is 10.0 Å². The van der Waals surface area contributed by atoms with E-state index >= 15 is 0 Å².